The van der Waals surface area contributed by atoms with Crippen LogP contribution >= 0.6 is 0 Å². The SMILES string of the molecule is O=C(N[C@H]1CC(=O)N(c2cccc(F)c2)C1)N1CCN(c2ccccc2F)CC1. The van der Waals surface area contributed by atoms with E-state index in [1.165, 1.54) is 23.1 Å². The molecule has 2 aromatic rings. The van der Waals surface area contributed by atoms with Gasteiger partial charge in [-0.25, -0.2) is 13.6 Å². The number of anilines is 2. The first-order valence-electron chi connectivity index (χ1n) is 9.62. The number of amides is 3. The molecule has 2 aliphatic rings. The van der Waals surface area contributed by atoms with E-state index in [1.807, 2.05) is 4.90 Å². The summed E-state index contributed by atoms with van der Waals surface area (Å²) in [5.74, 6) is -0.826. The van der Waals surface area contributed by atoms with Gasteiger partial charge in [0.25, 0.3) is 0 Å². The summed E-state index contributed by atoms with van der Waals surface area (Å²) in [7, 11) is 0. The fraction of sp³-hybridized carbons (Fsp3) is 0.333. The number of carbonyl (C=O) groups excluding carboxylic acids is 2. The van der Waals surface area contributed by atoms with Crippen molar-refractivity contribution >= 4 is 23.3 Å². The molecule has 1 atom stereocenters. The van der Waals surface area contributed by atoms with E-state index in [-0.39, 0.29) is 30.2 Å². The third kappa shape index (κ3) is 4.16. The van der Waals surface area contributed by atoms with Gasteiger partial charge in [0, 0.05) is 44.8 Å². The summed E-state index contributed by atoms with van der Waals surface area (Å²) in [5, 5.41) is 2.90. The molecule has 1 N–H and O–H groups in total. The highest BCUT2D eigenvalue weighted by Crippen LogP contribution is 2.23. The summed E-state index contributed by atoms with van der Waals surface area (Å²) in [4.78, 5) is 30.0. The van der Waals surface area contributed by atoms with Crippen molar-refractivity contribution in [2.75, 3.05) is 42.5 Å². The number of carbonyl (C=O) groups is 2. The monoisotopic (exact) mass is 400 g/mol. The Balaban J connectivity index is 1.31. The maximum atomic E-state index is 13.9. The molecule has 2 aromatic carbocycles. The van der Waals surface area contributed by atoms with Crippen molar-refractivity contribution in [3.63, 3.8) is 0 Å². The Kier molecular flexibility index (Phi) is 5.33. The minimum atomic E-state index is -0.407. The molecule has 29 heavy (non-hydrogen) atoms. The number of urea groups is 1. The molecule has 2 aliphatic heterocycles. The van der Waals surface area contributed by atoms with Crippen molar-refractivity contribution in [3.8, 4) is 0 Å². The Bertz CT molecular complexity index is 915. The van der Waals surface area contributed by atoms with Crippen LogP contribution in [-0.2, 0) is 4.79 Å². The summed E-state index contributed by atoms with van der Waals surface area (Å²) in [6.45, 7) is 2.31. The Morgan fingerprint density at radius 2 is 1.76 bits per heavy atom. The number of halogens is 2. The maximum absolute atomic E-state index is 13.9. The van der Waals surface area contributed by atoms with Crippen molar-refractivity contribution in [3.05, 3.63) is 60.2 Å². The quantitative estimate of drug-likeness (QED) is 0.862. The largest absolute Gasteiger partial charge is 0.366 e. The van der Waals surface area contributed by atoms with E-state index in [4.69, 9.17) is 0 Å². The molecular formula is C21H22F2N4O2. The molecule has 3 amide bonds. The lowest BCUT2D eigenvalue weighted by atomic mass is 10.2. The highest BCUT2D eigenvalue weighted by Gasteiger charge is 2.33. The number of benzene rings is 2. The zero-order valence-electron chi connectivity index (χ0n) is 15.9. The molecule has 2 heterocycles. The molecule has 0 aliphatic carbocycles. The van der Waals surface area contributed by atoms with Crippen LogP contribution in [0.5, 0.6) is 0 Å². The minimum absolute atomic E-state index is 0.148. The fourth-order valence-electron chi connectivity index (χ4n) is 3.82. The van der Waals surface area contributed by atoms with Crippen molar-refractivity contribution in [2.45, 2.75) is 12.5 Å². The van der Waals surface area contributed by atoms with Gasteiger partial charge in [-0.3, -0.25) is 4.79 Å². The van der Waals surface area contributed by atoms with Crippen molar-refractivity contribution in [1.29, 1.82) is 0 Å². The summed E-state index contributed by atoms with van der Waals surface area (Å²) >= 11 is 0. The number of rotatable bonds is 3. The smallest absolute Gasteiger partial charge is 0.317 e. The van der Waals surface area contributed by atoms with E-state index < -0.39 is 5.82 Å². The number of hydrogen-bond donors (Lipinski definition) is 1. The number of nitrogens with one attached hydrogen (secondary N) is 1. The van der Waals surface area contributed by atoms with E-state index in [0.717, 1.165) is 0 Å². The van der Waals surface area contributed by atoms with Crippen LogP contribution in [0.2, 0.25) is 0 Å². The van der Waals surface area contributed by atoms with Crippen LogP contribution in [0.25, 0.3) is 0 Å². The summed E-state index contributed by atoms with van der Waals surface area (Å²) in [5.41, 5.74) is 1.03. The maximum Gasteiger partial charge on any atom is 0.317 e. The van der Waals surface area contributed by atoms with Gasteiger partial charge in [0.1, 0.15) is 11.6 Å². The third-order valence-electron chi connectivity index (χ3n) is 5.33. The van der Waals surface area contributed by atoms with Crippen LogP contribution in [0, 0.1) is 11.6 Å². The molecule has 0 radical (unpaired) electrons. The first kappa shape index (κ1) is 19.2. The first-order valence-corrected chi connectivity index (χ1v) is 9.62. The Morgan fingerprint density at radius 3 is 2.48 bits per heavy atom. The van der Waals surface area contributed by atoms with Crippen LogP contribution < -0.4 is 15.1 Å². The van der Waals surface area contributed by atoms with Crippen LogP contribution in [0.15, 0.2) is 48.5 Å². The first-order chi connectivity index (χ1) is 14.0. The topological polar surface area (TPSA) is 55.9 Å². The van der Waals surface area contributed by atoms with Gasteiger partial charge < -0.3 is 20.0 Å². The van der Waals surface area contributed by atoms with Gasteiger partial charge in [0.2, 0.25) is 5.91 Å². The van der Waals surface area contributed by atoms with E-state index in [0.29, 0.717) is 44.1 Å². The molecule has 152 valence electrons. The van der Waals surface area contributed by atoms with Gasteiger partial charge in [-0.1, -0.05) is 18.2 Å². The zero-order chi connectivity index (χ0) is 20.4. The molecule has 0 unspecified atom stereocenters. The Hall–Kier alpha value is -3.16. The molecule has 6 nitrogen and oxygen atoms in total. The minimum Gasteiger partial charge on any atom is -0.366 e. The Morgan fingerprint density at radius 1 is 1.00 bits per heavy atom. The molecule has 2 fully saturated rings. The summed E-state index contributed by atoms with van der Waals surface area (Å²) < 4.78 is 27.4. The van der Waals surface area contributed by atoms with E-state index in [9.17, 15) is 18.4 Å². The molecule has 2 saturated heterocycles. The fourth-order valence-corrected chi connectivity index (χ4v) is 3.82. The van der Waals surface area contributed by atoms with Crippen molar-refractivity contribution < 1.29 is 18.4 Å². The van der Waals surface area contributed by atoms with Gasteiger partial charge in [0.15, 0.2) is 0 Å². The average molecular weight is 400 g/mol. The van der Waals surface area contributed by atoms with Crippen LogP contribution in [-0.4, -0.2) is 55.6 Å². The normalized spacial score (nSPS) is 19.6. The van der Waals surface area contributed by atoms with Gasteiger partial charge in [0.05, 0.1) is 11.7 Å². The highest BCUT2D eigenvalue weighted by atomic mass is 19.1. The predicted molar refractivity (Wildman–Crippen MR) is 106 cm³/mol. The lowest BCUT2D eigenvalue weighted by molar-refractivity contribution is -0.117. The molecule has 0 aromatic heterocycles. The van der Waals surface area contributed by atoms with Gasteiger partial charge in [-0.05, 0) is 30.3 Å². The van der Waals surface area contributed by atoms with Crippen LogP contribution in [0.3, 0.4) is 0 Å². The second-order valence-electron chi connectivity index (χ2n) is 7.26. The number of piperazine rings is 1. The van der Waals surface area contributed by atoms with Crippen molar-refractivity contribution in [2.24, 2.45) is 0 Å². The predicted octanol–water partition coefficient (Wildman–Crippen LogP) is 2.60. The number of para-hydroxylation sites is 1. The van der Waals surface area contributed by atoms with E-state index in [2.05, 4.69) is 5.32 Å². The zero-order valence-corrected chi connectivity index (χ0v) is 15.9. The summed E-state index contributed by atoms with van der Waals surface area (Å²) in [6, 6.07) is 11.9. The lowest BCUT2D eigenvalue weighted by Gasteiger charge is -2.36. The standard InChI is InChI=1S/C21H22F2N4O2/c22-15-4-3-5-17(12-15)27-14-16(13-20(27)28)24-21(29)26-10-8-25(9-11-26)19-7-2-1-6-18(19)23/h1-7,12,16H,8-11,13-14H2,(H,24,29)/t16-/m0/s1. The molecule has 4 rings (SSSR count). The van der Waals surface area contributed by atoms with Gasteiger partial charge in [-0.15, -0.1) is 0 Å². The Labute approximate surface area is 167 Å². The average Bonchev–Trinajstić information content (AvgIpc) is 3.08. The molecule has 0 saturated carbocycles. The van der Waals surface area contributed by atoms with Crippen molar-refractivity contribution in [1.82, 2.24) is 10.2 Å². The number of hydrogen-bond acceptors (Lipinski definition) is 3. The van der Waals surface area contributed by atoms with Gasteiger partial charge in [-0.2, -0.15) is 0 Å². The second kappa shape index (κ2) is 8.06. The second-order valence-corrected chi connectivity index (χ2v) is 7.26. The van der Waals surface area contributed by atoms with E-state index in [1.54, 1.807) is 35.2 Å². The van der Waals surface area contributed by atoms with Crippen LogP contribution in [0.1, 0.15) is 6.42 Å². The van der Waals surface area contributed by atoms with Crippen LogP contribution in [0.4, 0.5) is 25.0 Å². The highest BCUT2D eigenvalue weighted by molar-refractivity contribution is 5.96. The number of nitrogens with zero attached hydrogens (tertiary/aromatic N) is 3. The van der Waals surface area contributed by atoms with Gasteiger partial charge >= 0.3 is 6.03 Å². The molecular weight excluding hydrogens is 378 g/mol. The lowest BCUT2D eigenvalue weighted by Crippen LogP contribution is -2.54. The third-order valence-corrected chi connectivity index (χ3v) is 5.33. The summed E-state index contributed by atoms with van der Waals surface area (Å²) in [6.07, 6.45) is 0.178. The molecule has 8 heteroatoms. The van der Waals surface area contributed by atoms with E-state index >= 15 is 0 Å². The molecule has 0 bridgehead atoms. The molecule has 0 spiro atoms.